The lowest BCUT2D eigenvalue weighted by Gasteiger charge is -2.31. The number of nitrogens with zero attached hydrogens (tertiary/aromatic N) is 3. The van der Waals surface area contributed by atoms with E-state index < -0.39 is 0 Å². The Bertz CT molecular complexity index is 880. The molecule has 1 aromatic carbocycles. The fourth-order valence-electron chi connectivity index (χ4n) is 3.24. The molecular weight excluding hydrogens is 377 g/mol. The number of benzene rings is 1. The van der Waals surface area contributed by atoms with Crippen LogP contribution >= 0.6 is 11.3 Å². The number of likely N-dealkylation sites (tertiary alicyclic amines) is 1. The highest BCUT2D eigenvalue weighted by Crippen LogP contribution is 2.30. The van der Waals surface area contributed by atoms with Crippen LogP contribution in [0.3, 0.4) is 0 Å². The average molecular weight is 399 g/mol. The van der Waals surface area contributed by atoms with Crippen LogP contribution in [0.4, 0.5) is 4.39 Å². The molecule has 1 aliphatic heterocycles. The molecule has 146 valence electrons. The zero-order valence-corrected chi connectivity index (χ0v) is 16.5. The van der Waals surface area contributed by atoms with Crippen molar-refractivity contribution in [3.63, 3.8) is 0 Å². The lowest BCUT2D eigenvalue weighted by molar-refractivity contribution is -0.131. The Morgan fingerprint density at radius 1 is 1.32 bits per heavy atom. The summed E-state index contributed by atoms with van der Waals surface area (Å²) in [5, 5.41) is 2.71. The van der Waals surface area contributed by atoms with Crippen molar-refractivity contribution in [3.05, 3.63) is 51.7 Å². The second-order valence-electron chi connectivity index (χ2n) is 6.89. The normalized spacial score (nSPS) is 14.5. The number of thiazole rings is 1. The maximum Gasteiger partial charge on any atom is 0.273 e. The predicted molar refractivity (Wildman–Crippen MR) is 107 cm³/mol. The number of hydrogen-bond acceptors (Lipinski definition) is 4. The van der Waals surface area contributed by atoms with Gasteiger partial charge in [-0.05, 0) is 30.5 Å². The van der Waals surface area contributed by atoms with Gasteiger partial charge in [0.15, 0.2) is 0 Å². The molecule has 0 radical (unpaired) electrons. The first-order chi connectivity index (χ1) is 13.5. The topological polar surface area (TPSA) is 53.5 Å². The second kappa shape index (κ2) is 8.98. The summed E-state index contributed by atoms with van der Waals surface area (Å²) in [4.78, 5) is 32.6. The number of terminal acetylenes is 1. The van der Waals surface area contributed by atoms with Crippen molar-refractivity contribution in [2.24, 2.45) is 0 Å². The van der Waals surface area contributed by atoms with Gasteiger partial charge in [0.25, 0.3) is 5.91 Å². The highest BCUT2D eigenvalue weighted by Gasteiger charge is 2.26. The molecule has 0 unspecified atom stereocenters. The third kappa shape index (κ3) is 4.76. The number of carbonyl (C=O) groups is 2. The van der Waals surface area contributed by atoms with Gasteiger partial charge in [0.2, 0.25) is 5.91 Å². The molecule has 3 rings (SSSR count). The zero-order chi connectivity index (χ0) is 20.1. The first-order valence-electron chi connectivity index (χ1n) is 9.14. The van der Waals surface area contributed by atoms with Gasteiger partial charge in [0.05, 0.1) is 18.0 Å². The molecule has 0 bridgehead atoms. The van der Waals surface area contributed by atoms with E-state index in [1.165, 1.54) is 28.4 Å². The highest BCUT2D eigenvalue weighted by atomic mass is 32.1. The quantitative estimate of drug-likeness (QED) is 0.727. The standard InChI is InChI=1S/C21H22FN3O2S/c1-3-10-24(2)21(27)18-14-28-20(23-18)16-8-11-25(12-9-16)19(26)13-15-4-6-17(22)7-5-15/h1,4-7,14,16H,8-13H2,2H3. The summed E-state index contributed by atoms with van der Waals surface area (Å²) in [6.07, 6.45) is 7.16. The van der Waals surface area contributed by atoms with E-state index in [4.69, 9.17) is 6.42 Å². The van der Waals surface area contributed by atoms with Gasteiger partial charge in [-0.3, -0.25) is 9.59 Å². The molecule has 1 fully saturated rings. The van der Waals surface area contributed by atoms with E-state index in [1.54, 1.807) is 24.6 Å². The zero-order valence-electron chi connectivity index (χ0n) is 15.7. The van der Waals surface area contributed by atoms with Crippen molar-refractivity contribution >= 4 is 23.2 Å². The van der Waals surface area contributed by atoms with Crippen LogP contribution in [0, 0.1) is 18.2 Å². The average Bonchev–Trinajstić information content (AvgIpc) is 3.19. The van der Waals surface area contributed by atoms with Crippen LogP contribution in [0.15, 0.2) is 29.6 Å². The number of hydrogen-bond donors (Lipinski definition) is 0. The van der Waals surface area contributed by atoms with E-state index in [-0.39, 0.29) is 36.5 Å². The predicted octanol–water partition coefficient (Wildman–Crippen LogP) is 2.94. The van der Waals surface area contributed by atoms with E-state index >= 15 is 0 Å². The first kappa shape index (κ1) is 20.0. The molecule has 1 aliphatic rings. The number of carbonyl (C=O) groups excluding carboxylic acids is 2. The maximum absolute atomic E-state index is 13.0. The van der Waals surface area contributed by atoms with Crippen molar-refractivity contribution < 1.29 is 14.0 Å². The number of halogens is 1. The molecule has 0 atom stereocenters. The molecule has 1 saturated heterocycles. The maximum atomic E-state index is 13.0. The third-order valence-electron chi connectivity index (χ3n) is 4.88. The van der Waals surface area contributed by atoms with Crippen LogP contribution in [-0.4, -0.2) is 53.3 Å². The lowest BCUT2D eigenvalue weighted by atomic mass is 9.97. The van der Waals surface area contributed by atoms with Gasteiger partial charge in [-0.25, -0.2) is 9.37 Å². The molecule has 0 saturated carbocycles. The molecule has 0 N–H and O–H groups in total. The molecule has 28 heavy (non-hydrogen) atoms. The number of piperidine rings is 1. The SMILES string of the molecule is C#CCN(C)C(=O)c1csc(C2CCN(C(=O)Cc3ccc(F)cc3)CC2)n1. The van der Waals surface area contributed by atoms with Gasteiger partial charge in [-0.2, -0.15) is 0 Å². The summed E-state index contributed by atoms with van der Waals surface area (Å²) in [5.41, 5.74) is 1.24. The Kier molecular flexibility index (Phi) is 6.42. The summed E-state index contributed by atoms with van der Waals surface area (Å²) in [7, 11) is 1.66. The summed E-state index contributed by atoms with van der Waals surface area (Å²) < 4.78 is 13.0. The highest BCUT2D eigenvalue weighted by molar-refractivity contribution is 7.09. The van der Waals surface area contributed by atoms with Crippen LogP contribution < -0.4 is 0 Å². The molecule has 2 amide bonds. The molecule has 5 nitrogen and oxygen atoms in total. The van der Waals surface area contributed by atoms with Crippen LogP contribution in [0.2, 0.25) is 0 Å². The van der Waals surface area contributed by atoms with Crippen molar-refractivity contribution in [3.8, 4) is 12.3 Å². The van der Waals surface area contributed by atoms with E-state index in [0.29, 0.717) is 18.8 Å². The van der Waals surface area contributed by atoms with Gasteiger partial charge in [0, 0.05) is 31.4 Å². The minimum absolute atomic E-state index is 0.0518. The molecule has 1 aromatic heterocycles. The Labute approximate surface area is 168 Å². The Hall–Kier alpha value is -2.72. The second-order valence-corrected chi connectivity index (χ2v) is 7.78. The van der Waals surface area contributed by atoms with Gasteiger partial charge in [0.1, 0.15) is 11.5 Å². The van der Waals surface area contributed by atoms with Gasteiger partial charge >= 0.3 is 0 Å². The number of rotatable bonds is 5. The summed E-state index contributed by atoms with van der Waals surface area (Å²) >= 11 is 1.48. The molecule has 7 heteroatoms. The molecule has 0 spiro atoms. The fourth-order valence-corrected chi connectivity index (χ4v) is 4.21. The molecule has 2 aromatic rings. The van der Waals surface area contributed by atoms with Crippen molar-refractivity contribution in [1.29, 1.82) is 0 Å². The van der Waals surface area contributed by atoms with Crippen LogP contribution in [0.1, 0.15) is 39.8 Å². The lowest BCUT2D eigenvalue weighted by Crippen LogP contribution is -2.38. The van der Waals surface area contributed by atoms with Crippen LogP contribution in [0.25, 0.3) is 0 Å². The largest absolute Gasteiger partial charge is 0.342 e. The van der Waals surface area contributed by atoms with Crippen LogP contribution in [-0.2, 0) is 11.2 Å². The minimum Gasteiger partial charge on any atom is -0.342 e. The van der Waals surface area contributed by atoms with Crippen molar-refractivity contribution in [2.45, 2.75) is 25.2 Å². The molecule has 0 aliphatic carbocycles. The Morgan fingerprint density at radius 3 is 2.64 bits per heavy atom. The third-order valence-corrected chi connectivity index (χ3v) is 5.89. The smallest absolute Gasteiger partial charge is 0.273 e. The van der Waals surface area contributed by atoms with Crippen LogP contribution in [0.5, 0.6) is 0 Å². The monoisotopic (exact) mass is 399 g/mol. The fraction of sp³-hybridized carbons (Fsp3) is 0.381. The van der Waals surface area contributed by atoms with Gasteiger partial charge < -0.3 is 9.80 Å². The summed E-state index contributed by atoms with van der Waals surface area (Å²) in [6, 6.07) is 6.03. The van der Waals surface area contributed by atoms with Crippen molar-refractivity contribution in [2.75, 3.05) is 26.7 Å². The summed E-state index contributed by atoms with van der Waals surface area (Å²) in [6.45, 7) is 1.56. The Morgan fingerprint density at radius 2 is 2.00 bits per heavy atom. The van der Waals surface area contributed by atoms with E-state index in [9.17, 15) is 14.0 Å². The van der Waals surface area contributed by atoms with Crippen molar-refractivity contribution in [1.82, 2.24) is 14.8 Å². The van der Waals surface area contributed by atoms with Gasteiger partial charge in [-0.15, -0.1) is 17.8 Å². The Balaban J connectivity index is 1.54. The number of aromatic nitrogens is 1. The van der Waals surface area contributed by atoms with Gasteiger partial charge in [-0.1, -0.05) is 18.1 Å². The summed E-state index contributed by atoms with van der Waals surface area (Å²) in [5.74, 6) is 2.27. The first-order valence-corrected chi connectivity index (χ1v) is 10.0. The van der Waals surface area contributed by atoms with E-state index in [0.717, 1.165) is 23.4 Å². The number of amides is 2. The van der Waals surface area contributed by atoms with E-state index in [2.05, 4.69) is 10.9 Å². The van der Waals surface area contributed by atoms with E-state index in [1.807, 2.05) is 4.90 Å². The molecule has 2 heterocycles. The minimum atomic E-state index is -0.302. The molecular formula is C21H22FN3O2S.